The van der Waals surface area contributed by atoms with E-state index in [1.807, 2.05) is 0 Å². The van der Waals surface area contributed by atoms with Crippen molar-refractivity contribution in [3.8, 4) is 0 Å². The van der Waals surface area contributed by atoms with Gasteiger partial charge in [-0.05, 0) is 42.5 Å². The third kappa shape index (κ3) is 6.16. The summed E-state index contributed by atoms with van der Waals surface area (Å²) in [7, 11) is 0. The van der Waals surface area contributed by atoms with E-state index in [2.05, 4.69) is 16.0 Å². The molecule has 0 spiro atoms. The summed E-state index contributed by atoms with van der Waals surface area (Å²) in [5.41, 5.74) is -0.173. The molecule has 0 radical (unpaired) electrons. The highest BCUT2D eigenvalue weighted by Crippen LogP contribution is 2.30. The summed E-state index contributed by atoms with van der Waals surface area (Å²) in [5, 5.41) is 18.7. The number of hydrogen-bond acceptors (Lipinski definition) is 4. The van der Waals surface area contributed by atoms with Gasteiger partial charge in [-0.2, -0.15) is 0 Å². The molecule has 0 aliphatic rings. The summed E-state index contributed by atoms with van der Waals surface area (Å²) in [4.78, 5) is 22.9. The summed E-state index contributed by atoms with van der Waals surface area (Å²) in [6, 6.07) is 10.6. The van der Waals surface area contributed by atoms with Crippen LogP contribution in [0.3, 0.4) is 0 Å². The zero-order valence-electron chi connectivity index (χ0n) is 13.8. The second-order valence-corrected chi connectivity index (χ2v) is 8.10. The second-order valence-electron chi connectivity index (χ2n) is 5.33. The Labute approximate surface area is 179 Å². The lowest BCUT2D eigenvalue weighted by molar-refractivity contribution is -0.385. The van der Waals surface area contributed by atoms with Crippen LogP contribution in [0, 0.1) is 15.9 Å². The number of alkyl halides is 3. The maximum atomic E-state index is 13.0. The molecule has 28 heavy (non-hydrogen) atoms. The molecule has 0 aliphatic carbocycles. The molecule has 7 nitrogen and oxygen atoms in total. The summed E-state index contributed by atoms with van der Waals surface area (Å²) in [6.45, 7) is 0. The van der Waals surface area contributed by atoms with Crippen LogP contribution >= 0.6 is 47.0 Å². The minimum absolute atomic E-state index is 0.0363. The molecule has 1 amide bonds. The van der Waals surface area contributed by atoms with Gasteiger partial charge < -0.3 is 16.0 Å². The standard InChI is InChI=1S/C16H12Cl3FN4O3S/c17-16(18,19)14(23-15(28)21-10-7-5-9(20)6-8-10)22-13(25)11-3-1-2-4-12(11)24(26)27/h1-8,14H,(H,22,25)(H2,21,23,28)/t14-/m0/s1. The van der Waals surface area contributed by atoms with Crippen LogP contribution in [0.5, 0.6) is 0 Å². The summed E-state index contributed by atoms with van der Waals surface area (Å²) >= 11 is 22.8. The largest absolute Gasteiger partial charge is 0.339 e. The lowest BCUT2D eigenvalue weighted by atomic mass is 10.1. The Morgan fingerprint density at radius 2 is 1.71 bits per heavy atom. The Balaban J connectivity index is 2.14. The van der Waals surface area contributed by atoms with E-state index < -0.39 is 32.3 Å². The number of benzene rings is 2. The maximum absolute atomic E-state index is 13.0. The summed E-state index contributed by atoms with van der Waals surface area (Å²) in [6.07, 6.45) is -1.33. The summed E-state index contributed by atoms with van der Waals surface area (Å²) in [5.74, 6) is -1.28. The molecule has 0 aromatic heterocycles. The quantitative estimate of drug-likeness (QED) is 0.202. The average Bonchev–Trinajstić information content (AvgIpc) is 2.62. The third-order valence-corrected chi connectivity index (χ3v) is 4.20. The first-order valence-corrected chi connectivity index (χ1v) is 9.06. The number of halogens is 4. The Bertz CT molecular complexity index is 893. The van der Waals surface area contributed by atoms with Crippen LogP contribution in [0.25, 0.3) is 0 Å². The molecule has 0 saturated heterocycles. The van der Waals surface area contributed by atoms with Gasteiger partial charge in [0.25, 0.3) is 11.6 Å². The highest BCUT2D eigenvalue weighted by Gasteiger charge is 2.36. The highest BCUT2D eigenvalue weighted by atomic mass is 35.6. The number of nitro benzene ring substituents is 1. The van der Waals surface area contributed by atoms with Gasteiger partial charge in [-0.25, -0.2) is 4.39 Å². The Kier molecular flexibility index (Phi) is 7.36. The van der Waals surface area contributed by atoms with Crippen molar-refractivity contribution in [1.82, 2.24) is 10.6 Å². The third-order valence-electron chi connectivity index (χ3n) is 3.33. The molecule has 1 atom stereocenters. The van der Waals surface area contributed by atoms with Crippen molar-refractivity contribution in [1.29, 1.82) is 0 Å². The number of nitrogens with one attached hydrogen (secondary N) is 3. The van der Waals surface area contributed by atoms with Gasteiger partial charge in [0.15, 0.2) is 5.11 Å². The minimum Gasteiger partial charge on any atom is -0.339 e. The molecule has 2 aromatic rings. The molecule has 2 aromatic carbocycles. The zero-order valence-corrected chi connectivity index (χ0v) is 16.9. The van der Waals surface area contributed by atoms with E-state index in [1.54, 1.807) is 0 Å². The van der Waals surface area contributed by atoms with Crippen molar-refractivity contribution in [2.75, 3.05) is 5.32 Å². The average molecular weight is 466 g/mol. The van der Waals surface area contributed by atoms with Gasteiger partial charge in [0.05, 0.1) is 4.92 Å². The normalized spacial score (nSPS) is 12.0. The van der Waals surface area contributed by atoms with Crippen LogP contribution in [-0.2, 0) is 0 Å². The number of rotatable bonds is 5. The van der Waals surface area contributed by atoms with Gasteiger partial charge in [-0.1, -0.05) is 46.9 Å². The molecule has 0 fully saturated rings. The topological polar surface area (TPSA) is 96.3 Å². The fourth-order valence-corrected chi connectivity index (χ4v) is 2.63. The van der Waals surface area contributed by atoms with Crippen molar-refractivity contribution in [2.45, 2.75) is 9.96 Å². The van der Waals surface area contributed by atoms with Gasteiger partial charge in [0, 0.05) is 11.8 Å². The van der Waals surface area contributed by atoms with E-state index in [9.17, 15) is 19.3 Å². The minimum atomic E-state index is -2.05. The van der Waals surface area contributed by atoms with Crippen molar-refractivity contribution < 1.29 is 14.1 Å². The van der Waals surface area contributed by atoms with E-state index in [1.165, 1.54) is 48.5 Å². The zero-order chi connectivity index (χ0) is 20.9. The molecule has 0 heterocycles. The number of anilines is 1. The van der Waals surface area contributed by atoms with Gasteiger partial charge in [-0.3, -0.25) is 14.9 Å². The molecule has 3 N–H and O–H groups in total. The highest BCUT2D eigenvalue weighted by molar-refractivity contribution is 7.80. The van der Waals surface area contributed by atoms with E-state index >= 15 is 0 Å². The van der Waals surface area contributed by atoms with Crippen molar-refractivity contribution >= 4 is 69.4 Å². The van der Waals surface area contributed by atoms with Crippen molar-refractivity contribution in [3.05, 3.63) is 70.0 Å². The first-order chi connectivity index (χ1) is 13.1. The fourth-order valence-electron chi connectivity index (χ4n) is 2.06. The van der Waals surface area contributed by atoms with E-state index in [0.717, 1.165) is 0 Å². The summed E-state index contributed by atoms with van der Waals surface area (Å²) < 4.78 is 10.9. The monoisotopic (exact) mass is 464 g/mol. The van der Waals surface area contributed by atoms with Gasteiger partial charge in [-0.15, -0.1) is 0 Å². The van der Waals surface area contributed by atoms with E-state index in [4.69, 9.17) is 47.0 Å². The van der Waals surface area contributed by atoms with Gasteiger partial charge >= 0.3 is 0 Å². The Morgan fingerprint density at radius 1 is 1.11 bits per heavy atom. The fraction of sp³-hybridized carbons (Fsp3) is 0.125. The van der Waals surface area contributed by atoms with Crippen LogP contribution in [0.4, 0.5) is 15.8 Å². The predicted octanol–water partition coefficient (Wildman–Crippen LogP) is 4.15. The Morgan fingerprint density at radius 3 is 2.29 bits per heavy atom. The molecule has 148 valence electrons. The van der Waals surface area contributed by atoms with Gasteiger partial charge in [0.2, 0.25) is 3.79 Å². The number of nitrogens with zero attached hydrogens (tertiary/aromatic N) is 1. The lowest BCUT2D eigenvalue weighted by Crippen LogP contribution is -2.56. The molecule has 0 unspecified atom stereocenters. The first kappa shape index (κ1) is 22.1. The second kappa shape index (κ2) is 9.33. The van der Waals surface area contributed by atoms with E-state index in [-0.39, 0.29) is 10.7 Å². The number of hydrogen-bond donors (Lipinski definition) is 3. The molecular formula is C16H12Cl3FN4O3S. The molecular weight excluding hydrogens is 454 g/mol. The smallest absolute Gasteiger partial charge is 0.282 e. The molecule has 0 saturated carbocycles. The number of thiocarbonyl (C=S) groups is 1. The molecule has 12 heteroatoms. The van der Waals surface area contributed by atoms with Gasteiger partial charge in [0.1, 0.15) is 17.5 Å². The van der Waals surface area contributed by atoms with Crippen molar-refractivity contribution in [3.63, 3.8) is 0 Å². The Hall–Kier alpha value is -2.20. The maximum Gasteiger partial charge on any atom is 0.282 e. The number of carbonyl (C=O) groups is 1. The molecule has 0 aliphatic heterocycles. The van der Waals surface area contributed by atoms with Crippen LogP contribution in [0.1, 0.15) is 10.4 Å². The van der Waals surface area contributed by atoms with E-state index in [0.29, 0.717) is 5.69 Å². The SMILES string of the molecule is O=C(N[C@@H](NC(=S)Nc1ccc(F)cc1)C(Cl)(Cl)Cl)c1ccccc1[N+](=O)[O-]. The number of carbonyl (C=O) groups excluding carboxylic acids is 1. The van der Waals surface area contributed by atoms with Crippen LogP contribution in [-0.4, -0.2) is 25.9 Å². The number of amides is 1. The molecule has 2 rings (SSSR count). The van der Waals surface area contributed by atoms with Crippen LogP contribution in [0.15, 0.2) is 48.5 Å². The molecule has 0 bridgehead atoms. The lowest BCUT2D eigenvalue weighted by Gasteiger charge is -2.27. The van der Waals surface area contributed by atoms with Crippen LogP contribution in [0.2, 0.25) is 0 Å². The van der Waals surface area contributed by atoms with Crippen molar-refractivity contribution in [2.24, 2.45) is 0 Å². The van der Waals surface area contributed by atoms with Crippen LogP contribution < -0.4 is 16.0 Å². The number of nitro groups is 1. The number of para-hydroxylation sites is 1. The predicted molar refractivity (Wildman–Crippen MR) is 110 cm³/mol. The first-order valence-electron chi connectivity index (χ1n) is 7.52.